The fourth-order valence-corrected chi connectivity index (χ4v) is 2.45. The Kier molecular flexibility index (Phi) is 5.48. The largest absolute Gasteiger partial charge is 0.497 e. The average Bonchev–Trinajstić information content (AvgIpc) is 2.50. The monoisotopic (exact) mass is 304 g/mol. The predicted octanol–water partition coefficient (Wildman–Crippen LogP) is 3.70. The highest BCUT2D eigenvalue weighted by molar-refractivity contribution is 6.31. The van der Waals surface area contributed by atoms with Crippen LogP contribution in [0.5, 0.6) is 5.75 Å². The predicted molar refractivity (Wildman–Crippen MR) is 89.3 cm³/mol. The van der Waals surface area contributed by atoms with Crippen molar-refractivity contribution >= 4 is 17.3 Å². The molecular weight excluding hydrogens is 284 g/mol. The number of hydrogen-bond donors (Lipinski definition) is 1. The van der Waals surface area contributed by atoms with Crippen LogP contribution in [0.3, 0.4) is 0 Å². The average molecular weight is 305 g/mol. The van der Waals surface area contributed by atoms with Crippen molar-refractivity contribution in [1.29, 1.82) is 0 Å². The highest BCUT2D eigenvalue weighted by Gasteiger charge is 2.06. The van der Waals surface area contributed by atoms with E-state index < -0.39 is 0 Å². The number of anilines is 1. The van der Waals surface area contributed by atoms with Crippen molar-refractivity contribution in [2.45, 2.75) is 13.1 Å². The molecule has 112 valence electrons. The molecule has 2 rings (SSSR count). The number of benzene rings is 2. The second-order valence-corrected chi connectivity index (χ2v) is 5.42. The number of nitrogens with one attached hydrogen (secondary N) is 1. The fourth-order valence-electron chi connectivity index (χ4n) is 2.20. The van der Waals surface area contributed by atoms with E-state index in [-0.39, 0.29) is 0 Å². The molecular formula is C17H21ClN2O. The fraction of sp³-hybridized carbons (Fsp3) is 0.294. The van der Waals surface area contributed by atoms with Crippen molar-refractivity contribution in [2.75, 3.05) is 26.1 Å². The van der Waals surface area contributed by atoms with Crippen LogP contribution in [0.4, 0.5) is 5.69 Å². The molecule has 0 aromatic heterocycles. The van der Waals surface area contributed by atoms with Crippen LogP contribution >= 0.6 is 11.6 Å². The molecule has 0 fully saturated rings. The first-order valence-electron chi connectivity index (χ1n) is 6.91. The molecule has 0 saturated heterocycles. The van der Waals surface area contributed by atoms with E-state index in [0.717, 1.165) is 35.1 Å². The highest BCUT2D eigenvalue weighted by Crippen LogP contribution is 2.24. The van der Waals surface area contributed by atoms with Gasteiger partial charge < -0.3 is 15.0 Å². The first-order chi connectivity index (χ1) is 10.1. The molecule has 0 heterocycles. The quantitative estimate of drug-likeness (QED) is 0.880. The molecule has 0 aliphatic rings. The van der Waals surface area contributed by atoms with Gasteiger partial charge in [0.2, 0.25) is 0 Å². The van der Waals surface area contributed by atoms with Crippen LogP contribution in [0.1, 0.15) is 11.1 Å². The third kappa shape index (κ3) is 4.13. The van der Waals surface area contributed by atoms with Crippen LogP contribution in [0.25, 0.3) is 0 Å². The summed E-state index contributed by atoms with van der Waals surface area (Å²) in [4.78, 5) is 2.18. The maximum absolute atomic E-state index is 6.31. The number of nitrogens with zero attached hydrogens (tertiary/aromatic N) is 1. The molecule has 1 N–H and O–H groups in total. The van der Waals surface area contributed by atoms with Crippen molar-refractivity contribution in [3.8, 4) is 5.75 Å². The summed E-state index contributed by atoms with van der Waals surface area (Å²) >= 11 is 6.31. The Morgan fingerprint density at radius 2 is 1.86 bits per heavy atom. The summed E-state index contributed by atoms with van der Waals surface area (Å²) in [5.41, 5.74) is 3.45. The Hall–Kier alpha value is -1.71. The normalized spacial score (nSPS) is 10.5. The van der Waals surface area contributed by atoms with Gasteiger partial charge >= 0.3 is 0 Å². The van der Waals surface area contributed by atoms with E-state index in [2.05, 4.69) is 41.5 Å². The van der Waals surface area contributed by atoms with Gasteiger partial charge in [-0.05, 0) is 42.4 Å². The zero-order valence-corrected chi connectivity index (χ0v) is 13.4. The number of halogens is 1. The molecule has 0 radical (unpaired) electrons. The topological polar surface area (TPSA) is 24.5 Å². The lowest BCUT2D eigenvalue weighted by Crippen LogP contribution is -2.16. The summed E-state index contributed by atoms with van der Waals surface area (Å²) < 4.78 is 5.17. The number of rotatable bonds is 6. The first-order valence-corrected chi connectivity index (χ1v) is 7.29. The summed E-state index contributed by atoms with van der Waals surface area (Å²) in [7, 11) is 5.66. The maximum atomic E-state index is 6.31. The molecule has 0 amide bonds. The van der Waals surface area contributed by atoms with E-state index in [4.69, 9.17) is 16.3 Å². The molecule has 0 atom stereocenters. The van der Waals surface area contributed by atoms with Crippen LogP contribution in [0, 0.1) is 0 Å². The van der Waals surface area contributed by atoms with Gasteiger partial charge in [0.15, 0.2) is 0 Å². The molecule has 0 unspecified atom stereocenters. The molecule has 0 saturated carbocycles. The Bertz CT molecular complexity index is 584. The minimum atomic E-state index is 0.779. The molecule has 0 aliphatic heterocycles. The summed E-state index contributed by atoms with van der Waals surface area (Å²) in [6, 6.07) is 14.3. The third-order valence-electron chi connectivity index (χ3n) is 3.42. The highest BCUT2D eigenvalue weighted by atomic mass is 35.5. The lowest BCUT2D eigenvalue weighted by atomic mass is 10.1. The van der Waals surface area contributed by atoms with Crippen LogP contribution in [0.2, 0.25) is 5.02 Å². The Morgan fingerprint density at radius 1 is 1.14 bits per heavy atom. The molecule has 0 bridgehead atoms. The Balaban J connectivity index is 2.08. The minimum absolute atomic E-state index is 0.779. The second kappa shape index (κ2) is 7.34. The van der Waals surface area contributed by atoms with Gasteiger partial charge in [0.25, 0.3) is 0 Å². The Morgan fingerprint density at radius 3 is 2.43 bits per heavy atom. The van der Waals surface area contributed by atoms with Crippen LogP contribution in [0.15, 0.2) is 42.5 Å². The maximum Gasteiger partial charge on any atom is 0.118 e. The molecule has 0 spiro atoms. The van der Waals surface area contributed by atoms with E-state index in [1.807, 2.05) is 25.2 Å². The van der Waals surface area contributed by atoms with Gasteiger partial charge in [-0.2, -0.15) is 0 Å². The molecule has 4 heteroatoms. The van der Waals surface area contributed by atoms with Crippen LogP contribution < -0.4 is 15.0 Å². The van der Waals surface area contributed by atoms with Crippen molar-refractivity contribution < 1.29 is 4.74 Å². The lowest BCUT2D eigenvalue weighted by Gasteiger charge is -2.20. The molecule has 3 nitrogen and oxygen atoms in total. The van der Waals surface area contributed by atoms with Gasteiger partial charge in [0.05, 0.1) is 7.11 Å². The molecule has 21 heavy (non-hydrogen) atoms. The van der Waals surface area contributed by atoms with Crippen molar-refractivity contribution in [3.63, 3.8) is 0 Å². The molecule has 2 aromatic rings. The van der Waals surface area contributed by atoms with Crippen molar-refractivity contribution in [2.24, 2.45) is 0 Å². The zero-order chi connectivity index (χ0) is 15.2. The SMILES string of the molecule is CNCc1ccc(N(C)Cc2ccc(OC)cc2)cc1Cl. The minimum Gasteiger partial charge on any atom is -0.497 e. The molecule has 2 aromatic carbocycles. The van der Waals surface area contributed by atoms with E-state index in [0.29, 0.717) is 0 Å². The van der Waals surface area contributed by atoms with E-state index in [1.54, 1.807) is 7.11 Å². The summed E-state index contributed by atoms with van der Waals surface area (Å²) in [5.74, 6) is 0.876. The summed E-state index contributed by atoms with van der Waals surface area (Å²) in [5, 5.41) is 3.91. The van der Waals surface area contributed by atoms with Gasteiger partial charge in [0, 0.05) is 30.8 Å². The van der Waals surface area contributed by atoms with E-state index in [9.17, 15) is 0 Å². The van der Waals surface area contributed by atoms with Crippen LogP contribution in [-0.4, -0.2) is 21.2 Å². The van der Waals surface area contributed by atoms with Gasteiger partial charge in [-0.3, -0.25) is 0 Å². The third-order valence-corrected chi connectivity index (χ3v) is 3.78. The Labute approximate surface area is 131 Å². The van der Waals surface area contributed by atoms with E-state index in [1.165, 1.54) is 5.56 Å². The van der Waals surface area contributed by atoms with Gasteiger partial charge in [0.1, 0.15) is 5.75 Å². The number of ether oxygens (including phenoxy) is 1. The smallest absolute Gasteiger partial charge is 0.118 e. The van der Waals surface area contributed by atoms with Crippen LogP contribution in [-0.2, 0) is 13.1 Å². The zero-order valence-electron chi connectivity index (χ0n) is 12.7. The van der Waals surface area contributed by atoms with E-state index >= 15 is 0 Å². The van der Waals surface area contributed by atoms with Gasteiger partial charge in [-0.1, -0.05) is 29.8 Å². The summed E-state index contributed by atoms with van der Waals surface area (Å²) in [6.07, 6.45) is 0. The van der Waals surface area contributed by atoms with Gasteiger partial charge in [-0.25, -0.2) is 0 Å². The molecule has 0 aliphatic carbocycles. The van der Waals surface area contributed by atoms with Crippen molar-refractivity contribution in [3.05, 3.63) is 58.6 Å². The summed E-state index contributed by atoms with van der Waals surface area (Å²) in [6.45, 7) is 1.60. The lowest BCUT2D eigenvalue weighted by molar-refractivity contribution is 0.414. The number of methoxy groups -OCH3 is 1. The number of hydrogen-bond acceptors (Lipinski definition) is 3. The first kappa shape index (κ1) is 15.7. The second-order valence-electron chi connectivity index (χ2n) is 5.01. The standard InChI is InChI=1S/C17H21ClN2O/c1-19-11-14-6-7-15(10-17(14)18)20(2)12-13-4-8-16(21-3)9-5-13/h4-10,19H,11-12H2,1-3H3. The van der Waals surface area contributed by atoms with Gasteiger partial charge in [-0.15, -0.1) is 0 Å². The van der Waals surface area contributed by atoms with Crippen molar-refractivity contribution in [1.82, 2.24) is 5.32 Å².